The van der Waals surface area contributed by atoms with E-state index in [9.17, 15) is 14.0 Å². The van der Waals surface area contributed by atoms with E-state index < -0.39 is 23.5 Å². The summed E-state index contributed by atoms with van der Waals surface area (Å²) in [6.45, 7) is 3.74. The van der Waals surface area contributed by atoms with Crippen molar-refractivity contribution in [2.75, 3.05) is 19.0 Å². The zero-order chi connectivity index (χ0) is 21.4. The summed E-state index contributed by atoms with van der Waals surface area (Å²) in [5.74, 6) is -1.86. The van der Waals surface area contributed by atoms with E-state index in [1.165, 1.54) is 38.4 Å². The number of halogens is 2. The minimum absolute atomic E-state index is 0.00647. The Morgan fingerprint density at radius 3 is 2.66 bits per heavy atom. The van der Waals surface area contributed by atoms with Crippen LogP contribution in [0.4, 0.5) is 10.1 Å². The molecular formula is C20H21BrFN3O4. The maximum absolute atomic E-state index is 13.6. The van der Waals surface area contributed by atoms with Crippen molar-refractivity contribution < 1.29 is 23.5 Å². The Morgan fingerprint density at radius 2 is 2.00 bits per heavy atom. The molecule has 2 N–H and O–H groups in total. The molecule has 154 valence electrons. The van der Waals surface area contributed by atoms with E-state index in [0.717, 1.165) is 0 Å². The summed E-state index contributed by atoms with van der Waals surface area (Å²) in [5, 5.41) is 6.24. The molecular weight excluding hydrogens is 445 g/mol. The number of nitrogens with zero attached hydrogens (tertiary/aromatic N) is 1. The molecule has 0 spiro atoms. The van der Waals surface area contributed by atoms with Crippen LogP contribution in [0.15, 0.2) is 46.0 Å². The quantitative estimate of drug-likeness (QED) is 0.353. The van der Waals surface area contributed by atoms with E-state index in [0.29, 0.717) is 28.1 Å². The first-order chi connectivity index (χ1) is 13.9. The highest BCUT2D eigenvalue weighted by Gasteiger charge is 2.22. The highest BCUT2D eigenvalue weighted by atomic mass is 79.9. The smallest absolute Gasteiger partial charge is 0.252 e. The predicted molar refractivity (Wildman–Crippen MR) is 112 cm³/mol. The third-order valence-electron chi connectivity index (χ3n) is 3.85. The number of ether oxygens (including phenoxy) is 2. The molecule has 0 aromatic heterocycles. The van der Waals surface area contributed by atoms with Gasteiger partial charge < -0.3 is 14.8 Å². The Bertz CT molecular complexity index is 921. The van der Waals surface area contributed by atoms with Gasteiger partial charge in [0.25, 0.3) is 5.91 Å². The number of benzene rings is 2. The van der Waals surface area contributed by atoms with Crippen molar-refractivity contribution >= 4 is 39.6 Å². The van der Waals surface area contributed by atoms with E-state index in [4.69, 9.17) is 9.47 Å². The summed E-state index contributed by atoms with van der Waals surface area (Å²) in [6, 6.07) is 9.15. The molecule has 1 atom stereocenters. The summed E-state index contributed by atoms with van der Waals surface area (Å²) in [6.07, 6.45) is 1.41. The van der Waals surface area contributed by atoms with Gasteiger partial charge in [0, 0.05) is 0 Å². The number of rotatable bonds is 8. The number of anilines is 1. The first kappa shape index (κ1) is 22.4. The summed E-state index contributed by atoms with van der Waals surface area (Å²) in [5.41, 5.74) is 2.94. The fourth-order valence-electron chi connectivity index (χ4n) is 2.29. The van der Waals surface area contributed by atoms with Crippen LogP contribution in [0.1, 0.15) is 19.4 Å². The molecule has 2 amide bonds. The molecule has 2 aromatic rings. The van der Waals surface area contributed by atoms with Crippen LogP contribution in [0.25, 0.3) is 0 Å². The Kier molecular flexibility index (Phi) is 8.14. The number of carbonyl (C=O) groups is 2. The molecule has 29 heavy (non-hydrogen) atoms. The maximum atomic E-state index is 13.6. The molecule has 2 rings (SSSR count). The van der Waals surface area contributed by atoms with Crippen LogP contribution >= 0.6 is 15.9 Å². The molecule has 7 nitrogen and oxygen atoms in total. The predicted octanol–water partition coefficient (Wildman–Crippen LogP) is 3.72. The molecule has 0 radical (unpaired) electrons. The normalized spacial score (nSPS) is 11.8. The van der Waals surface area contributed by atoms with Gasteiger partial charge in [0.15, 0.2) is 11.5 Å². The lowest BCUT2D eigenvalue weighted by Crippen LogP contribution is -2.34. The number of hydrazone groups is 1. The highest BCUT2D eigenvalue weighted by molar-refractivity contribution is 9.10. The number of nitrogens with one attached hydrogen (secondary N) is 2. The summed E-state index contributed by atoms with van der Waals surface area (Å²) in [4.78, 5) is 24.3. The van der Waals surface area contributed by atoms with Gasteiger partial charge >= 0.3 is 0 Å². The van der Waals surface area contributed by atoms with Crippen LogP contribution in [0.3, 0.4) is 0 Å². The molecule has 0 heterocycles. The summed E-state index contributed by atoms with van der Waals surface area (Å²) >= 11 is 3.40. The monoisotopic (exact) mass is 465 g/mol. The van der Waals surface area contributed by atoms with E-state index >= 15 is 0 Å². The van der Waals surface area contributed by atoms with Gasteiger partial charge in [0.1, 0.15) is 11.7 Å². The average Bonchev–Trinajstić information content (AvgIpc) is 2.70. The minimum atomic E-state index is -1.08. The lowest BCUT2D eigenvalue weighted by Gasteiger charge is -2.12. The van der Waals surface area contributed by atoms with Crippen LogP contribution in [0.5, 0.6) is 11.5 Å². The molecule has 0 bridgehead atoms. The first-order valence-electron chi connectivity index (χ1n) is 8.76. The van der Waals surface area contributed by atoms with Gasteiger partial charge in [-0.3, -0.25) is 9.59 Å². The number of hydrogen-bond donors (Lipinski definition) is 2. The first-order valence-corrected chi connectivity index (χ1v) is 9.55. The van der Waals surface area contributed by atoms with E-state index in [-0.39, 0.29) is 5.69 Å². The van der Waals surface area contributed by atoms with Gasteiger partial charge in [-0.25, -0.2) is 9.82 Å². The van der Waals surface area contributed by atoms with Crippen LogP contribution in [0.2, 0.25) is 0 Å². The van der Waals surface area contributed by atoms with Crippen LogP contribution in [-0.4, -0.2) is 31.7 Å². The molecule has 0 aliphatic heterocycles. The number of amides is 2. The van der Waals surface area contributed by atoms with E-state index in [1.54, 1.807) is 18.2 Å². The van der Waals surface area contributed by atoms with E-state index in [1.807, 2.05) is 6.92 Å². The van der Waals surface area contributed by atoms with E-state index in [2.05, 4.69) is 31.8 Å². The molecule has 9 heteroatoms. The third-order valence-corrected chi connectivity index (χ3v) is 4.44. The number of para-hydroxylation sites is 1. The number of carbonyl (C=O) groups excluding carboxylic acids is 2. The topological polar surface area (TPSA) is 89.0 Å². The van der Waals surface area contributed by atoms with Crippen LogP contribution < -0.4 is 20.2 Å². The Balaban J connectivity index is 2.00. The number of hydrogen-bond acceptors (Lipinski definition) is 5. The van der Waals surface area contributed by atoms with Crippen LogP contribution in [0, 0.1) is 11.7 Å². The molecule has 0 fully saturated rings. The molecule has 2 aromatic carbocycles. The van der Waals surface area contributed by atoms with Crippen molar-refractivity contribution in [3.05, 3.63) is 52.3 Å². The van der Waals surface area contributed by atoms with Crippen molar-refractivity contribution in [3.8, 4) is 11.5 Å². The Hall–Kier alpha value is -2.94. The van der Waals surface area contributed by atoms with Gasteiger partial charge in [-0.15, -0.1) is 0 Å². The average molecular weight is 466 g/mol. The molecule has 0 saturated heterocycles. The lowest BCUT2D eigenvalue weighted by atomic mass is 10.1. The molecule has 0 saturated carbocycles. The highest BCUT2D eigenvalue weighted by Crippen LogP contribution is 2.36. The zero-order valence-electron chi connectivity index (χ0n) is 16.2. The van der Waals surface area contributed by atoms with Gasteiger partial charge in [0.2, 0.25) is 5.91 Å². The van der Waals surface area contributed by atoms with Gasteiger partial charge in [0.05, 0.1) is 30.1 Å². The van der Waals surface area contributed by atoms with Crippen molar-refractivity contribution in [1.82, 2.24) is 5.43 Å². The standard InChI is InChI=1S/C20H21BrFN3O4/c1-4-29-18-14(21)9-13(10-17(18)28-3)11-23-25-20(27)12(2)19(26)24-16-8-6-5-7-15(16)22/h5-12H,4H2,1-3H3,(H,24,26)(H,25,27). The SMILES string of the molecule is CCOc1c(Br)cc(C=NNC(=O)C(C)C(=O)Nc2ccccc2F)cc1OC. The third kappa shape index (κ3) is 6.02. The molecule has 0 aliphatic rings. The number of methoxy groups -OCH3 is 1. The van der Waals surface area contributed by atoms with Crippen LogP contribution in [-0.2, 0) is 9.59 Å². The summed E-state index contributed by atoms with van der Waals surface area (Å²) in [7, 11) is 1.52. The van der Waals surface area contributed by atoms with Gasteiger partial charge in [-0.2, -0.15) is 5.10 Å². The zero-order valence-corrected chi connectivity index (χ0v) is 17.7. The summed E-state index contributed by atoms with van der Waals surface area (Å²) < 4.78 is 25.1. The lowest BCUT2D eigenvalue weighted by molar-refractivity contribution is -0.131. The van der Waals surface area contributed by atoms with Gasteiger partial charge in [-0.05, 0) is 59.6 Å². The second kappa shape index (κ2) is 10.6. The fraction of sp³-hybridized carbons (Fsp3) is 0.250. The Labute approximate surface area is 176 Å². The van der Waals surface area contributed by atoms with Crippen molar-refractivity contribution in [2.24, 2.45) is 11.0 Å². The van der Waals surface area contributed by atoms with Crippen molar-refractivity contribution in [3.63, 3.8) is 0 Å². The molecule has 1 unspecified atom stereocenters. The maximum Gasteiger partial charge on any atom is 0.252 e. The Morgan fingerprint density at radius 1 is 1.28 bits per heavy atom. The second-order valence-electron chi connectivity index (χ2n) is 5.89. The molecule has 0 aliphatic carbocycles. The second-order valence-corrected chi connectivity index (χ2v) is 6.75. The fourth-order valence-corrected chi connectivity index (χ4v) is 2.86. The minimum Gasteiger partial charge on any atom is -0.493 e. The largest absolute Gasteiger partial charge is 0.493 e. The van der Waals surface area contributed by atoms with Gasteiger partial charge in [-0.1, -0.05) is 12.1 Å². The van der Waals surface area contributed by atoms with Crippen molar-refractivity contribution in [1.29, 1.82) is 0 Å². The van der Waals surface area contributed by atoms with Crippen molar-refractivity contribution in [2.45, 2.75) is 13.8 Å².